The number of hydrogen-bond donors (Lipinski definition) is 3. The summed E-state index contributed by atoms with van der Waals surface area (Å²) in [5.41, 5.74) is 6.40. The fraction of sp³-hybridized carbons (Fsp3) is 0.364. The van der Waals surface area contributed by atoms with Gasteiger partial charge in [-0.2, -0.15) is 0 Å². The number of aromatic nitrogens is 1. The molecule has 1 heterocycles. The molecule has 1 aromatic carbocycles. The van der Waals surface area contributed by atoms with E-state index in [9.17, 15) is 19.2 Å². The average molecular weight is 408 g/mol. The normalized spacial score (nSPS) is 23.0. The van der Waals surface area contributed by atoms with E-state index in [1.165, 1.54) is 10.6 Å². The van der Waals surface area contributed by atoms with Crippen LogP contribution >= 0.6 is 0 Å². The van der Waals surface area contributed by atoms with E-state index in [1.807, 2.05) is 0 Å². The van der Waals surface area contributed by atoms with E-state index in [0.717, 1.165) is 12.8 Å². The molecule has 0 aliphatic heterocycles. The highest BCUT2D eigenvalue weighted by Crippen LogP contribution is 2.32. The predicted molar refractivity (Wildman–Crippen MR) is 110 cm³/mol. The Morgan fingerprint density at radius 2 is 1.70 bits per heavy atom. The Morgan fingerprint density at radius 3 is 2.33 bits per heavy atom. The number of benzene rings is 1. The van der Waals surface area contributed by atoms with Crippen LogP contribution in [-0.4, -0.2) is 34.4 Å². The second-order valence-corrected chi connectivity index (χ2v) is 8.00. The minimum atomic E-state index is -0.578. The number of amides is 3. The van der Waals surface area contributed by atoms with Gasteiger partial charge in [-0.25, -0.2) is 0 Å². The zero-order valence-corrected chi connectivity index (χ0v) is 16.4. The van der Waals surface area contributed by atoms with Crippen LogP contribution in [0.4, 0.5) is 0 Å². The van der Waals surface area contributed by atoms with E-state index in [-0.39, 0.29) is 29.3 Å². The second kappa shape index (κ2) is 8.14. The maximum Gasteiger partial charge on any atom is 0.255 e. The van der Waals surface area contributed by atoms with Gasteiger partial charge < -0.3 is 16.4 Å². The third kappa shape index (κ3) is 4.27. The standard InChI is InChI=1S/C22H24N4O4/c23-20(28)17-11-14(22(30)24-15-6-7-15)12-18(17)25-21(29)13-4-8-16(9-5-13)26-10-2-1-3-19(26)27/h1-5,8-10,14-15,17-18H,6-7,11-12H2,(H2,23,28)(H,24,30)(H,25,29). The van der Waals surface area contributed by atoms with Gasteiger partial charge in [0.1, 0.15) is 0 Å². The van der Waals surface area contributed by atoms with Crippen molar-refractivity contribution >= 4 is 17.7 Å². The molecule has 2 aliphatic carbocycles. The first-order chi connectivity index (χ1) is 14.4. The molecule has 2 fully saturated rings. The first kappa shape index (κ1) is 19.9. The van der Waals surface area contributed by atoms with E-state index in [0.29, 0.717) is 24.1 Å². The summed E-state index contributed by atoms with van der Waals surface area (Å²) < 4.78 is 1.48. The van der Waals surface area contributed by atoms with Crippen molar-refractivity contribution in [2.24, 2.45) is 17.6 Å². The first-order valence-corrected chi connectivity index (χ1v) is 10.1. The number of carbonyl (C=O) groups excluding carboxylic acids is 3. The molecule has 2 aromatic rings. The lowest BCUT2D eigenvalue weighted by molar-refractivity contribution is -0.125. The van der Waals surface area contributed by atoms with Gasteiger partial charge in [0.15, 0.2) is 0 Å². The molecule has 156 valence electrons. The first-order valence-electron chi connectivity index (χ1n) is 10.1. The van der Waals surface area contributed by atoms with Gasteiger partial charge in [0, 0.05) is 41.5 Å². The van der Waals surface area contributed by atoms with Crippen LogP contribution in [0.15, 0.2) is 53.5 Å². The minimum absolute atomic E-state index is 0.0712. The summed E-state index contributed by atoms with van der Waals surface area (Å²) >= 11 is 0. The Labute approximate surface area is 173 Å². The highest BCUT2D eigenvalue weighted by molar-refractivity contribution is 5.95. The number of carbonyl (C=O) groups is 3. The van der Waals surface area contributed by atoms with Crippen LogP contribution in [0.25, 0.3) is 5.69 Å². The molecule has 0 radical (unpaired) electrons. The topological polar surface area (TPSA) is 123 Å². The molecule has 2 aliphatic rings. The van der Waals surface area contributed by atoms with Crippen molar-refractivity contribution in [3.63, 3.8) is 0 Å². The number of hydrogen-bond acceptors (Lipinski definition) is 4. The van der Waals surface area contributed by atoms with Gasteiger partial charge in [0.25, 0.3) is 11.5 Å². The van der Waals surface area contributed by atoms with Crippen LogP contribution < -0.4 is 21.9 Å². The molecule has 3 atom stereocenters. The summed E-state index contributed by atoms with van der Waals surface area (Å²) in [6.07, 6.45) is 4.36. The van der Waals surface area contributed by atoms with Crippen molar-refractivity contribution in [2.45, 2.75) is 37.8 Å². The molecular formula is C22H24N4O4. The van der Waals surface area contributed by atoms with Crippen LogP contribution in [0, 0.1) is 11.8 Å². The lowest BCUT2D eigenvalue weighted by Gasteiger charge is -2.18. The number of nitrogens with one attached hydrogen (secondary N) is 2. The average Bonchev–Trinajstić information content (AvgIpc) is 3.44. The molecule has 0 spiro atoms. The third-order valence-electron chi connectivity index (χ3n) is 5.77. The van der Waals surface area contributed by atoms with Crippen molar-refractivity contribution in [3.8, 4) is 5.69 Å². The van der Waals surface area contributed by atoms with Crippen molar-refractivity contribution in [3.05, 3.63) is 64.6 Å². The summed E-state index contributed by atoms with van der Waals surface area (Å²) in [5, 5.41) is 5.82. The van der Waals surface area contributed by atoms with E-state index >= 15 is 0 Å². The minimum Gasteiger partial charge on any atom is -0.369 e. The molecular weight excluding hydrogens is 384 g/mol. The summed E-state index contributed by atoms with van der Waals surface area (Å²) in [4.78, 5) is 48.9. The van der Waals surface area contributed by atoms with Crippen molar-refractivity contribution in [1.29, 1.82) is 0 Å². The Hall–Kier alpha value is -3.42. The molecule has 3 unspecified atom stereocenters. The number of nitrogens with zero attached hydrogens (tertiary/aromatic N) is 1. The van der Waals surface area contributed by atoms with E-state index in [1.54, 1.807) is 42.6 Å². The molecule has 0 saturated heterocycles. The summed E-state index contributed by atoms with van der Waals surface area (Å²) in [7, 11) is 0. The van der Waals surface area contributed by atoms with Crippen molar-refractivity contribution in [2.75, 3.05) is 0 Å². The van der Waals surface area contributed by atoms with Crippen LogP contribution in [0.3, 0.4) is 0 Å². The predicted octanol–water partition coefficient (Wildman–Crippen LogP) is 0.726. The molecule has 8 nitrogen and oxygen atoms in total. The molecule has 8 heteroatoms. The van der Waals surface area contributed by atoms with Gasteiger partial charge in [-0.1, -0.05) is 6.07 Å². The van der Waals surface area contributed by atoms with E-state index < -0.39 is 17.9 Å². The molecule has 1 aromatic heterocycles. The lowest BCUT2D eigenvalue weighted by atomic mass is 10.0. The van der Waals surface area contributed by atoms with Crippen LogP contribution in [-0.2, 0) is 9.59 Å². The van der Waals surface area contributed by atoms with Gasteiger partial charge >= 0.3 is 0 Å². The summed E-state index contributed by atoms with van der Waals surface area (Å²) in [5.74, 6) is -1.84. The van der Waals surface area contributed by atoms with E-state index in [2.05, 4.69) is 10.6 Å². The zero-order valence-electron chi connectivity index (χ0n) is 16.4. The van der Waals surface area contributed by atoms with Crippen molar-refractivity contribution < 1.29 is 14.4 Å². The van der Waals surface area contributed by atoms with Crippen molar-refractivity contribution in [1.82, 2.24) is 15.2 Å². The Kier molecular flexibility index (Phi) is 5.39. The largest absolute Gasteiger partial charge is 0.369 e. The maximum absolute atomic E-state index is 12.7. The van der Waals surface area contributed by atoms with Gasteiger partial charge in [0.2, 0.25) is 11.8 Å². The molecule has 4 N–H and O–H groups in total. The lowest BCUT2D eigenvalue weighted by Crippen LogP contribution is -2.42. The van der Waals surface area contributed by atoms with Crippen LogP contribution in [0.5, 0.6) is 0 Å². The fourth-order valence-electron chi connectivity index (χ4n) is 3.94. The highest BCUT2D eigenvalue weighted by Gasteiger charge is 2.42. The summed E-state index contributed by atoms with van der Waals surface area (Å²) in [6, 6.07) is 11.2. The quantitative estimate of drug-likeness (QED) is 0.652. The van der Waals surface area contributed by atoms with Crippen LogP contribution in [0.2, 0.25) is 0 Å². The summed E-state index contributed by atoms with van der Waals surface area (Å²) in [6.45, 7) is 0. The van der Waals surface area contributed by atoms with Gasteiger partial charge in [-0.05, 0) is 56.0 Å². The molecule has 0 bridgehead atoms. The Bertz CT molecular complexity index is 1030. The Balaban J connectivity index is 1.44. The van der Waals surface area contributed by atoms with Gasteiger partial charge in [-0.15, -0.1) is 0 Å². The molecule has 4 rings (SSSR count). The molecule has 3 amide bonds. The third-order valence-corrected chi connectivity index (χ3v) is 5.77. The maximum atomic E-state index is 12.7. The second-order valence-electron chi connectivity index (χ2n) is 8.00. The number of nitrogens with two attached hydrogens (primary N) is 1. The van der Waals surface area contributed by atoms with E-state index in [4.69, 9.17) is 5.73 Å². The Morgan fingerprint density at radius 1 is 0.967 bits per heavy atom. The molecule has 30 heavy (non-hydrogen) atoms. The number of pyridine rings is 1. The van der Waals surface area contributed by atoms with Gasteiger partial charge in [-0.3, -0.25) is 23.7 Å². The molecule has 2 saturated carbocycles. The zero-order chi connectivity index (χ0) is 21.3. The number of rotatable bonds is 6. The smallest absolute Gasteiger partial charge is 0.255 e. The van der Waals surface area contributed by atoms with Gasteiger partial charge in [0.05, 0.1) is 5.92 Å². The number of primary amides is 1. The highest BCUT2D eigenvalue weighted by atomic mass is 16.2. The fourth-order valence-corrected chi connectivity index (χ4v) is 3.94. The van der Waals surface area contributed by atoms with Crippen LogP contribution in [0.1, 0.15) is 36.0 Å². The monoisotopic (exact) mass is 408 g/mol. The SMILES string of the molecule is NC(=O)C1CC(C(=O)NC2CC2)CC1NC(=O)c1ccc(-n2ccccc2=O)cc1.